The average molecular weight is 390 g/mol. The first-order valence-corrected chi connectivity index (χ1v) is 9.00. The molecule has 0 fully saturated rings. The number of esters is 1. The predicted molar refractivity (Wildman–Crippen MR) is 98.4 cm³/mol. The van der Waals surface area contributed by atoms with Crippen LogP contribution >= 0.6 is 11.3 Å². The quantitative estimate of drug-likeness (QED) is 0.646. The van der Waals surface area contributed by atoms with E-state index < -0.39 is 24.4 Å². The van der Waals surface area contributed by atoms with Crippen LogP contribution in [0.2, 0.25) is 0 Å². The zero-order chi connectivity index (χ0) is 19.6. The van der Waals surface area contributed by atoms with E-state index in [2.05, 4.69) is 5.32 Å². The number of aromatic hydroxyl groups is 1. The minimum atomic E-state index is -0.870. The van der Waals surface area contributed by atoms with Crippen LogP contribution in [0.1, 0.15) is 37.6 Å². The van der Waals surface area contributed by atoms with E-state index in [1.54, 1.807) is 0 Å². The van der Waals surface area contributed by atoms with Crippen molar-refractivity contribution < 1.29 is 29.0 Å². The third-order valence-electron chi connectivity index (χ3n) is 4.18. The van der Waals surface area contributed by atoms with Crippen molar-refractivity contribution in [2.24, 2.45) is 5.73 Å². The minimum Gasteiger partial charge on any atom is -0.507 e. The monoisotopic (exact) mass is 390 g/mol. The van der Waals surface area contributed by atoms with Gasteiger partial charge in [-0.25, -0.2) is 4.79 Å². The lowest BCUT2D eigenvalue weighted by Gasteiger charge is -2.09. The molecule has 27 heavy (non-hydrogen) atoms. The number of nitrogens with two attached hydrogens (primary N) is 1. The highest BCUT2D eigenvalue weighted by Crippen LogP contribution is 2.38. The Hall–Kier alpha value is -3.07. The van der Waals surface area contributed by atoms with Crippen molar-refractivity contribution >= 4 is 34.1 Å². The average Bonchev–Trinajstić information content (AvgIpc) is 3.20. The Kier molecular flexibility index (Phi) is 5.31. The number of phenols is 1. The molecule has 3 rings (SSSR count). The van der Waals surface area contributed by atoms with Crippen LogP contribution in [0.15, 0.2) is 18.2 Å². The summed E-state index contributed by atoms with van der Waals surface area (Å²) in [5.41, 5.74) is 6.55. The molecular formula is C18H18N2O6S. The van der Waals surface area contributed by atoms with Gasteiger partial charge < -0.3 is 25.6 Å². The van der Waals surface area contributed by atoms with Crippen LogP contribution in [0.25, 0.3) is 0 Å². The SMILES string of the molecule is COc1ccc(O)c(C(=O)OCC(=O)Nc2sc3c(c2C(N)=O)CCC3)c1. The summed E-state index contributed by atoms with van der Waals surface area (Å²) in [4.78, 5) is 37.0. The molecule has 8 nitrogen and oxygen atoms in total. The molecule has 1 aromatic heterocycles. The number of hydrogen-bond donors (Lipinski definition) is 3. The smallest absolute Gasteiger partial charge is 0.342 e. The van der Waals surface area contributed by atoms with Crippen LogP contribution in [-0.4, -0.2) is 36.6 Å². The maximum Gasteiger partial charge on any atom is 0.342 e. The van der Waals surface area contributed by atoms with E-state index in [0.29, 0.717) is 16.3 Å². The second-order valence-corrected chi connectivity index (χ2v) is 7.04. The highest BCUT2D eigenvalue weighted by Gasteiger charge is 2.26. The molecule has 9 heteroatoms. The Bertz CT molecular complexity index is 921. The summed E-state index contributed by atoms with van der Waals surface area (Å²) in [6, 6.07) is 4.09. The van der Waals surface area contributed by atoms with Gasteiger partial charge in [-0.1, -0.05) is 0 Å². The summed E-state index contributed by atoms with van der Waals surface area (Å²) in [5.74, 6) is -1.99. The van der Waals surface area contributed by atoms with Crippen molar-refractivity contribution in [1.82, 2.24) is 0 Å². The Balaban J connectivity index is 1.66. The van der Waals surface area contributed by atoms with Gasteiger partial charge in [0, 0.05) is 4.88 Å². The fourth-order valence-electron chi connectivity index (χ4n) is 2.93. The van der Waals surface area contributed by atoms with Gasteiger partial charge in [-0.3, -0.25) is 9.59 Å². The van der Waals surface area contributed by atoms with Gasteiger partial charge in [0.05, 0.1) is 12.7 Å². The number of thiophene rings is 1. The van der Waals surface area contributed by atoms with Crippen molar-refractivity contribution in [3.63, 3.8) is 0 Å². The van der Waals surface area contributed by atoms with E-state index in [4.69, 9.17) is 15.2 Å². The van der Waals surface area contributed by atoms with E-state index in [9.17, 15) is 19.5 Å². The minimum absolute atomic E-state index is 0.116. The number of ether oxygens (including phenoxy) is 2. The third kappa shape index (κ3) is 3.87. The number of nitrogens with one attached hydrogen (secondary N) is 1. The first kappa shape index (κ1) is 18.7. The summed E-state index contributed by atoms with van der Waals surface area (Å²) < 4.78 is 9.93. The number of hydrogen-bond acceptors (Lipinski definition) is 7. The highest BCUT2D eigenvalue weighted by molar-refractivity contribution is 7.17. The number of rotatable bonds is 6. The molecule has 0 spiro atoms. The van der Waals surface area contributed by atoms with Gasteiger partial charge in [0.2, 0.25) is 0 Å². The second-order valence-electron chi connectivity index (χ2n) is 5.93. The van der Waals surface area contributed by atoms with E-state index in [1.807, 2.05) is 0 Å². The predicted octanol–water partition coefficient (Wildman–Crippen LogP) is 1.85. The molecular weight excluding hydrogens is 372 g/mol. The number of fused-ring (bicyclic) bond motifs is 1. The van der Waals surface area contributed by atoms with Crippen molar-refractivity contribution in [3.05, 3.63) is 39.8 Å². The largest absolute Gasteiger partial charge is 0.507 e. The molecule has 0 radical (unpaired) electrons. The van der Waals surface area contributed by atoms with Crippen LogP contribution in [0.5, 0.6) is 11.5 Å². The summed E-state index contributed by atoms with van der Waals surface area (Å²) in [5, 5.41) is 12.7. The molecule has 142 valence electrons. The zero-order valence-corrected chi connectivity index (χ0v) is 15.4. The molecule has 4 N–H and O–H groups in total. The molecule has 1 aromatic carbocycles. The second kappa shape index (κ2) is 7.67. The lowest BCUT2D eigenvalue weighted by Crippen LogP contribution is -2.22. The number of anilines is 1. The topological polar surface area (TPSA) is 128 Å². The van der Waals surface area contributed by atoms with Crippen molar-refractivity contribution in [2.75, 3.05) is 19.0 Å². The summed E-state index contributed by atoms with van der Waals surface area (Å²) in [6.07, 6.45) is 2.56. The molecule has 0 bridgehead atoms. The Morgan fingerprint density at radius 2 is 2.07 bits per heavy atom. The van der Waals surface area contributed by atoms with Gasteiger partial charge in [0.25, 0.3) is 11.8 Å². The number of amides is 2. The molecule has 1 aliphatic rings. The molecule has 0 unspecified atom stereocenters. The number of aryl methyl sites for hydroxylation is 1. The summed E-state index contributed by atoms with van der Waals surface area (Å²) >= 11 is 1.31. The molecule has 2 amide bonds. The fraction of sp³-hybridized carbons (Fsp3) is 0.278. The number of phenolic OH excluding ortho intramolecular Hbond substituents is 1. The summed E-state index contributed by atoms with van der Waals surface area (Å²) in [7, 11) is 1.42. The Labute approximate surface area is 158 Å². The number of methoxy groups -OCH3 is 1. The zero-order valence-electron chi connectivity index (χ0n) is 14.5. The van der Waals surface area contributed by atoms with Crippen molar-refractivity contribution in [1.29, 1.82) is 0 Å². The van der Waals surface area contributed by atoms with Crippen LogP contribution in [0.4, 0.5) is 5.00 Å². The van der Waals surface area contributed by atoms with Crippen molar-refractivity contribution in [2.45, 2.75) is 19.3 Å². The molecule has 1 heterocycles. The third-order valence-corrected chi connectivity index (χ3v) is 5.39. The van der Waals surface area contributed by atoms with Gasteiger partial charge in [-0.15, -0.1) is 11.3 Å². The van der Waals surface area contributed by atoms with Crippen LogP contribution in [0, 0.1) is 0 Å². The van der Waals surface area contributed by atoms with Crippen LogP contribution < -0.4 is 15.8 Å². The summed E-state index contributed by atoms with van der Waals surface area (Å²) in [6.45, 7) is -0.573. The lowest BCUT2D eigenvalue weighted by molar-refractivity contribution is -0.119. The maximum atomic E-state index is 12.1. The lowest BCUT2D eigenvalue weighted by atomic mass is 10.1. The van der Waals surface area contributed by atoms with Gasteiger partial charge in [-0.05, 0) is 43.0 Å². The Morgan fingerprint density at radius 1 is 1.30 bits per heavy atom. The van der Waals surface area contributed by atoms with Crippen LogP contribution in [-0.2, 0) is 22.4 Å². The number of benzene rings is 1. The van der Waals surface area contributed by atoms with E-state index in [1.165, 1.54) is 36.6 Å². The highest BCUT2D eigenvalue weighted by atomic mass is 32.1. The van der Waals surface area contributed by atoms with Gasteiger partial charge in [-0.2, -0.15) is 0 Å². The first-order chi connectivity index (χ1) is 12.9. The molecule has 0 saturated carbocycles. The number of carbonyl (C=O) groups is 3. The molecule has 0 atom stereocenters. The molecule has 2 aromatic rings. The van der Waals surface area contributed by atoms with Gasteiger partial charge >= 0.3 is 5.97 Å². The first-order valence-electron chi connectivity index (χ1n) is 8.19. The van der Waals surface area contributed by atoms with Gasteiger partial charge in [0.15, 0.2) is 6.61 Å². The maximum absolute atomic E-state index is 12.1. The fourth-order valence-corrected chi connectivity index (χ4v) is 4.24. The standard InChI is InChI=1S/C18H18N2O6S/c1-25-9-5-6-12(21)11(7-9)18(24)26-8-14(22)20-17-15(16(19)23)10-3-2-4-13(10)27-17/h5-7,21H,2-4,8H2,1H3,(H2,19,23)(H,20,22). The molecule has 0 saturated heterocycles. The van der Waals surface area contributed by atoms with Crippen molar-refractivity contribution in [3.8, 4) is 11.5 Å². The normalized spacial score (nSPS) is 12.3. The van der Waals surface area contributed by atoms with Gasteiger partial charge in [0.1, 0.15) is 22.1 Å². The van der Waals surface area contributed by atoms with Crippen LogP contribution in [0.3, 0.4) is 0 Å². The molecule has 1 aliphatic carbocycles. The van der Waals surface area contributed by atoms with E-state index in [-0.39, 0.29) is 11.3 Å². The molecule has 0 aliphatic heterocycles. The van der Waals surface area contributed by atoms with E-state index in [0.717, 1.165) is 29.7 Å². The van der Waals surface area contributed by atoms with E-state index >= 15 is 0 Å². The Morgan fingerprint density at radius 3 is 2.78 bits per heavy atom. The number of primary amides is 1. The number of carbonyl (C=O) groups excluding carboxylic acids is 3.